The van der Waals surface area contributed by atoms with Gasteiger partial charge in [-0.15, -0.1) is 0 Å². The molecule has 1 aromatic rings. The molecule has 0 aliphatic rings. The summed E-state index contributed by atoms with van der Waals surface area (Å²) >= 11 is 0. The molecule has 1 rings (SSSR count). The molecule has 3 N–H and O–H groups in total. The average molecular weight is 268 g/mol. The van der Waals surface area contributed by atoms with E-state index in [0.717, 1.165) is 4.90 Å². The Balaban J connectivity index is 3.11. The molecule has 0 aliphatic carbocycles. The van der Waals surface area contributed by atoms with Crippen molar-refractivity contribution in [1.29, 1.82) is 0 Å². The molecule has 1 heterocycles. The van der Waals surface area contributed by atoms with Gasteiger partial charge in [-0.1, -0.05) is 0 Å². The molecule has 0 saturated carbocycles. The molecule has 2 amide bonds. The highest BCUT2D eigenvalue weighted by Crippen LogP contribution is 2.14. The first-order chi connectivity index (χ1) is 8.73. The molecule has 0 bridgehead atoms. The fraction of sp³-hybridized carbons (Fsp3) is 0.455. The minimum absolute atomic E-state index is 0.296. The Labute approximate surface area is 109 Å². The second-order valence-electron chi connectivity index (χ2n) is 4.19. The van der Waals surface area contributed by atoms with Crippen molar-refractivity contribution >= 4 is 17.8 Å². The summed E-state index contributed by atoms with van der Waals surface area (Å²) in [6.45, 7) is 2.30. The largest absolute Gasteiger partial charge is 0.480 e. The molecular formula is C11H16N4O4. The lowest BCUT2D eigenvalue weighted by Crippen LogP contribution is -2.41. The zero-order valence-electron chi connectivity index (χ0n) is 11.0. The molecule has 1 aromatic heterocycles. The summed E-state index contributed by atoms with van der Waals surface area (Å²) < 4.78 is 1.52. The lowest BCUT2D eigenvalue weighted by molar-refractivity contribution is -0.138. The Morgan fingerprint density at radius 1 is 1.32 bits per heavy atom. The van der Waals surface area contributed by atoms with Gasteiger partial charge in [0.15, 0.2) is 0 Å². The van der Waals surface area contributed by atoms with Crippen LogP contribution in [0.25, 0.3) is 0 Å². The molecule has 8 nitrogen and oxygen atoms in total. The number of nitrogens with zero attached hydrogens (tertiary/aromatic N) is 3. The Hall–Kier alpha value is -2.38. The number of carboxylic acid groups (broad SMARTS) is 1. The number of primary amides is 1. The quantitative estimate of drug-likeness (QED) is 0.713. The van der Waals surface area contributed by atoms with E-state index in [2.05, 4.69) is 5.10 Å². The molecule has 19 heavy (non-hydrogen) atoms. The summed E-state index contributed by atoms with van der Waals surface area (Å²) in [5.74, 6) is -2.55. The summed E-state index contributed by atoms with van der Waals surface area (Å²) in [5.41, 5.74) is 6.39. The lowest BCUT2D eigenvalue weighted by Gasteiger charge is -2.19. The molecule has 0 unspecified atom stereocenters. The first-order valence-corrected chi connectivity index (χ1v) is 5.53. The fourth-order valence-electron chi connectivity index (χ4n) is 1.79. The first-order valence-electron chi connectivity index (χ1n) is 5.53. The second-order valence-corrected chi connectivity index (χ2v) is 4.19. The van der Waals surface area contributed by atoms with Gasteiger partial charge in [0.05, 0.1) is 11.3 Å². The Kier molecular flexibility index (Phi) is 4.26. The van der Waals surface area contributed by atoms with E-state index >= 15 is 0 Å². The van der Waals surface area contributed by atoms with Gasteiger partial charge in [-0.25, -0.2) is 0 Å². The van der Waals surface area contributed by atoms with Gasteiger partial charge >= 0.3 is 5.97 Å². The van der Waals surface area contributed by atoms with Crippen molar-refractivity contribution in [3.63, 3.8) is 0 Å². The van der Waals surface area contributed by atoms with E-state index in [-0.39, 0.29) is 0 Å². The van der Waals surface area contributed by atoms with E-state index in [1.165, 1.54) is 4.68 Å². The number of amides is 2. The van der Waals surface area contributed by atoms with Crippen molar-refractivity contribution in [3.05, 3.63) is 17.0 Å². The third-order valence-electron chi connectivity index (χ3n) is 2.68. The predicted octanol–water partition coefficient (Wildman–Crippen LogP) is -0.951. The van der Waals surface area contributed by atoms with Gasteiger partial charge in [0.2, 0.25) is 5.91 Å². The predicted molar refractivity (Wildman–Crippen MR) is 65.4 cm³/mol. The third kappa shape index (κ3) is 3.30. The molecule has 0 saturated heterocycles. The van der Waals surface area contributed by atoms with Crippen molar-refractivity contribution in [2.45, 2.75) is 13.8 Å². The molecule has 0 aromatic carbocycles. The molecular weight excluding hydrogens is 252 g/mol. The second kappa shape index (κ2) is 5.51. The molecule has 8 heteroatoms. The normalized spacial score (nSPS) is 10.3. The molecule has 0 fully saturated rings. The summed E-state index contributed by atoms with van der Waals surface area (Å²) in [5, 5.41) is 12.8. The van der Waals surface area contributed by atoms with Crippen LogP contribution in [-0.4, -0.2) is 50.7 Å². The minimum atomic E-state index is -1.21. The Morgan fingerprint density at radius 2 is 1.89 bits per heavy atom. The number of hydrogen-bond donors (Lipinski definition) is 2. The van der Waals surface area contributed by atoms with Crippen LogP contribution in [0.4, 0.5) is 0 Å². The third-order valence-corrected chi connectivity index (χ3v) is 2.68. The number of aryl methyl sites for hydroxylation is 2. The van der Waals surface area contributed by atoms with E-state index in [1.54, 1.807) is 20.9 Å². The van der Waals surface area contributed by atoms with Crippen molar-refractivity contribution in [3.8, 4) is 0 Å². The van der Waals surface area contributed by atoms with Crippen molar-refractivity contribution in [2.24, 2.45) is 12.8 Å². The van der Waals surface area contributed by atoms with Crippen molar-refractivity contribution in [1.82, 2.24) is 14.7 Å². The highest BCUT2D eigenvalue weighted by atomic mass is 16.4. The maximum atomic E-state index is 12.3. The van der Waals surface area contributed by atoms with Crippen LogP contribution in [0.5, 0.6) is 0 Å². The summed E-state index contributed by atoms with van der Waals surface area (Å²) in [7, 11) is 1.68. The van der Waals surface area contributed by atoms with E-state index in [0.29, 0.717) is 17.0 Å². The number of carbonyl (C=O) groups is 3. The SMILES string of the molecule is Cc1nn(C)c(C)c1C(=O)N(CC(N)=O)CC(=O)O. The van der Waals surface area contributed by atoms with Gasteiger partial charge in [-0.05, 0) is 13.8 Å². The number of aromatic nitrogens is 2. The van der Waals surface area contributed by atoms with Crippen LogP contribution in [0, 0.1) is 13.8 Å². The van der Waals surface area contributed by atoms with Crippen LogP contribution in [0.2, 0.25) is 0 Å². The molecule has 0 aliphatic heterocycles. The van der Waals surface area contributed by atoms with E-state index in [1.807, 2.05) is 0 Å². The number of hydrogen-bond acceptors (Lipinski definition) is 4. The highest BCUT2D eigenvalue weighted by molar-refractivity contribution is 5.99. The molecule has 0 atom stereocenters. The first kappa shape index (κ1) is 14.7. The number of rotatable bonds is 5. The fourth-order valence-corrected chi connectivity index (χ4v) is 1.79. The number of carboxylic acids is 1. The van der Waals surface area contributed by atoms with Gasteiger partial charge in [0.1, 0.15) is 13.1 Å². The van der Waals surface area contributed by atoms with Gasteiger partial charge in [0.25, 0.3) is 5.91 Å². The monoisotopic (exact) mass is 268 g/mol. The number of aliphatic carboxylic acids is 1. The van der Waals surface area contributed by atoms with Crippen LogP contribution in [0.15, 0.2) is 0 Å². The maximum Gasteiger partial charge on any atom is 0.323 e. The zero-order valence-corrected chi connectivity index (χ0v) is 11.0. The number of carbonyl (C=O) groups excluding carboxylic acids is 2. The highest BCUT2D eigenvalue weighted by Gasteiger charge is 2.25. The van der Waals surface area contributed by atoms with E-state index < -0.39 is 30.9 Å². The van der Waals surface area contributed by atoms with E-state index in [4.69, 9.17) is 10.8 Å². The Morgan fingerprint density at radius 3 is 2.26 bits per heavy atom. The summed E-state index contributed by atoms with van der Waals surface area (Å²) in [4.78, 5) is 34.8. The smallest absolute Gasteiger partial charge is 0.323 e. The van der Waals surface area contributed by atoms with E-state index in [9.17, 15) is 14.4 Å². The summed E-state index contributed by atoms with van der Waals surface area (Å²) in [6, 6.07) is 0. The van der Waals surface area contributed by atoms with Crippen molar-refractivity contribution in [2.75, 3.05) is 13.1 Å². The molecule has 0 spiro atoms. The lowest BCUT2D eigenvalue weighted by atomic mass is 10.1. The molecule has 104 valence electrons. The topological polar surface area (TPSA) is 119 Å². The van der Waals surface area contributed by atoms with Crippen LogP contribution in [0.3, 0.4) is 0 Å². The van der Waals surface area contributed by atoms with Gasteiger partial charge in [-0.2, -0.15) is 5.10 Å². The van der Waals surface area contributed by atoms with Gasteiger partial charge in [-0.3, -0.25) is 19.1 Å². The van der Waals surface area contributed by atoms with Crippen LogP contribution >= 0.6 is 0 Å². The van der Waals surface area contributed by atoms with Gasteiger partial charge in [0, 0.05) is 12.7 Å². The zero-order chi connectivity index (χ0) is 14.7. The minimum Gasteiger partial charge on any atom is -0.480 e. The maximum absolute atomic E-state index is 12.3. The molecule has 0 radical (unpaired) electrons. The summed E-state index contributed by atoms with van der Waals surface area (Å²) in [6.07, 6.45) is 0. The standard InChI is InChI=1S/C11H16N4O4/c1-6-10(7(2)14(3)13-6)11(19)15(4-8(12)16)5-9(17)18/h4-5H2,1-3H3,(H2,12,16)(H,17,18). The Bertz CT molecular complexity index is 519. The van der Waals surface area contributed by atoms with Gasteiger partial charge < -0.3 is 15.7 Å². The van der Waals surface area contributed by atoms with Crippen LogP contribution < -0.4 is 5.73 Å². The van der Waals surface area contributed by atoms with Crippen LogP contribution in [0.1, 0.15) is 21.7 Å². The average Bonchev–Trinajstić information content (AvgIpc) is 2.50. The van der Waals surface area contributed by atoms with Crippen molar-refractivity contribution < 1.29 is 19.5 Å². The number of nitrogens with two attached hydrogens (primary N) is 1. The van der Waals surface area contributed by atoms with Crippen LogP contribution in [-0.2, 0) is 16.6 Å².